The van der Waals surface area contributed by atoms with E-state index in [1.165, 1.54) is 4.31 Å². The molecule has 4 aromatic rings. The van der Waals surface area contributed by atoms with Gasteiger partial charge in [0.25, 0.3) is 15.9 Å². The van der Waals surface area contributed by atoms with Gasteiger partial charge in [0.1, 0.15) is 12.4 Å². The van der Waals surface area contributed by atoms with Crippen LogP contribution in [-0.2, 0) is 26.0 Å². The average Bonchev–Trinajstić information content (AvgIpc) is 3.71. The van der Waals surface area contributed by atoms with Gasteiger partial charge in [0.15, 0.2) is 0 Å². The molecule has 7 rings (SSSR count). The lowest BCUT2D eigenvalue weighted by molar-refractivity contribution is -0.110. The summed E-state index contributed by atoms with van der Waals surface area (Å²) in [5.74, 6) is 0.531. The summed E-state index contributed by atoms with van der Waals surface area (Å²) in [5, 5.41) is 3.87. The number of aromatic amines is 1. The Balaban J connectivity index is 1.16. The molecule has 0 unspecified atom stereocenters. The van der Waals surface area contributed by atoms with Crippen LogP contribution in [0.25, 0.3) is 22.0 Å². The average molecular weight is 585 g/mol. The largest absolute Gasteiger partial charge is 0.492 e. The molecule has 1 saturated heterocycles. The number of ether oxygens (including phenoxy) is 2. The summed E-state index contributed by atoms with van der Waals surface area (Å²) in [6, 6.07) is 20.3. The number of H-pyrrole nitrogens is 1. The lowest BCUT2D eigenvalue weighted by Gasteiger charge is -2.26. The number of benzene rings is 3. The molecule has 9 nitrogen and oxygen atoms in total. The van der Waals surface area contributed by atoms with E-state index in [-0.39, 0.29) is 10.8 Å². The van der Waals surface area contributed by atoms with Gasteiger partial charge in [-0.15, -0.1) is 0 Å². The topological polar surface area (TPSA) is 104 Å². The second-order valence-corrected chi connectivity index (χ2v) is 12.7. The highest BCUT2D eigenvalue weighted by molar-refractivity contribution is 7.92. The van der Waals surface area contributed by atoms with Gasteiger partial charge in [0, 0.05) is 54.0 Å². The Bertz CT molecular complexity index is 1840. The van der Waals surface area contributed by atoms with Crippen LogP contribution in [0.3, 0.4) is 0 Å². The maximum absolute atomic E-state index is 13.7. The first-order valence-corrected chi connectivity index (χ1v) is 15.7. The van der Waals surface area contributed by atoms with E-state index in [0.29, 0.717) is 42.1 Å². The van der Waals surface area contributed by atoms with Gasteiger partial charge in [-0.25, -0.2) is 8.42 Å². The van der Waals surface area contributed by atoms with Gasteiger partial charge in [0.05, 0.1) is 29.4 Å². The molecule has 0 atom stereocenters. The summed E-state index contributed by atoms with van der Waals surface area (Å²) in [4.78, 5) is 19.1. The lowest BCUT2D eigenvalue weighted by atomic mass is 10.00. The number of carbonyl (C=O) groups excluding carboxylic acids is 1. The molecule has 0 aliphatic carbocycles. The minimum absolute atomic E-state index is 0.162. The molecule has 4 heterocycles. The molecule has 3 aliphatic rings. The van der Waals surface area contributed by atoms with Crippen LogP contribution in [0, 0.1) is 0 Å². The first-order chi connectivity index (χ1) is 20.4. The van der Waals surface area contributed by atoms with Gasteiger partial charge in [-0.3, -0.25) is 14.0 Å². The Labute approximate surface area is 244 Å². The molecule has 0 spiro atoms. The van der Waals surface area contributed by atoms with E-state index in [4.69, 9.17) is 9.47 Å². The van der Waals surface area contributed by atoms with Crippen LogP contribution in [0.1, 0.15) is 23.7 Å². The highest BCUT2D eigenvalue weighted by Crippen LogP contribution is 2.40. The third-order valence-electron chi connectivity index (χ3n) is 8.32. The molecular formula is C32H32N4O5S. The second-order valence-electron chi connectivity index (χ2n) is 10.9. The maximum atomic E-state index is 13.7. The molecule has 1 fully saturated rings. The van der Waals surface area contributed by atoms with E-state index >= 15 is 0 Å². The van der Waals surface area contributed by atoms with E-state index in [9.17, 15) is 13.2 Å². The van der Waals surface area contributed by atoms with E-state index in [0.717, 1.165) is 66.3 Å². The fraction of sp³-hybridized carbons (Fsp3) is 0.281. The SMILES string of the molecule is C/C(=C1/C(=O)Nc2ccc(S(=O)(=O)N3CCc4ccccc43)cc21)c1cc2cc(OCCN3CCOCC3)ccc2[nH]1. The third-order valence-corrected chi connectivity index (χ3v) is 10.1. The van der Waals surface area contributed by atoms with Crippen molar-refractivity contribution in [2.45, 2.75) is 18.2 Å². The van der Waals surface area contributed by atoms with E-state index < -0.39 is 10.0 Å². The molecule has 0 bridgehead atoms. The van der Waals surface area contributed by atoms with Crippen molar-refractivity contribution in [3.8, 4) is 5.75 Å². The monoisotopic (exact) mass is 584 g/mol. The van der Waals surface area contributed by atoms with Crippen molar-refractivity contribution in [1.82, 2.24) is 9.88 Å². The van der Waals surface area contributed by atoms with Crippen molar-refractivity contribution < 1.29 is 22.7 Å². The Morgan fingerprint density at radius 3 is 2.69 bits per heavy atom. The van der Waals surface area contributed by atoms with Crippen LogP contribution < -0.4 is 14.4 Å². The lowest BCUT2D eigenvalue weighted by Crippen LogP contribution is -2.38. The van der Waals surface area contributed by atoms with Crippen molar-refractivity contribution in [3.05, 3.63) is 83.6 Å². The zero-order valence-electron chi connectivity index (χ0n) is 23.4. The highest BCUT2D eigenvalue weighted by Gasteiger charge is 2.33. The smallest absolute Gasteiger partial charge is 0.264 e. The van der Waals surface area contributed by atoms with Crippen LogP contribution >= 0.6 is 0 Å². The molecule has 216 valence electrons. The van der Waals surface area contributed by atoms with Crippen molar-refractivity contribution in [2.24, 2.45) is 0 Å². The molecule has 3 aromatic carbocycles. The number of sulfonamides is 1. The van der Waals surface area contributed by atoms with Gasteiger partial charge in [-0.05, 0) is 73.0 Å². The van der Waals surface area contributed by atoms with Gasteiger partial charge >= 0.3 is 0 Å². The fourth-order valence-electron chi connectivity index (χ4n) is 6.02. The predicted octanol–water partition coefficient (Wildman–Crippen LogP) is 4.51. The number of nitrogens with zero attached hydrogens (tertiary/aromatic N) is 2. The zero-order valence-corrected chi connectivity index (χ0v) is 24.2. The Morgan fingerprint density at radius 1 is 1.00 bits per heavy atom. The number of fused-ring (bicyclic) bond motifs is 3. The highest BCUT2D eigenvalue weighted by atomic mass is 32.2. The minimum Gasteiger partial charge on any atom is -0.492 e. The number of carbonyl (C=O) groups is 1. The predicted molar refractivity (Wildman–Crippen MR) is 163 cm³/mol. The second kappa shape index (κ2) is 10.6. The fourth-order valence-corrected chi connectivity index (χ4v) is 7.55. The number of para-hydroxylation sites is 1. The molecule has 0 radical (unpaired) electrons. The molecule has 10 heteroatoms. The number of hydrogen-bond acceptors (Lipinski definition) is 6. The van der Waals surface area contributed by atoms with Crippen LogP contribution in [0.2, 0.25) is 0 Å². The number of allylic oxidation sites excluding steroid dienone is 1. The summed E-state index contributed by atoms with van der Waals surface area (Å²) in [5.41, 5.74) is 5.81. The van der Waals surface area contributed by atoms with E-state index in [1.54, 1.807) is 18.2 Å². The maximum Gasteiger partial charge on any atom is 0.264 e. The Hall–Kier alpha value is -4.12. The number of aromatic nitrogens is 1. The molecule has 2 N–H and O–H groups in total. The standard InChI is InChI=1S/C32H32N4O5S/c1-21(29-19-23-18-24(6-8-27(23)33-29)41-17-14-35-12-15-40-16-13-35)31-26-20-25(7-9-28(26)34-32(31)37)42(38,39)36-11-10-22-4-2-3-5-30(22)36/h2-9,18-20,33H,10-17H2,1H3,(H,34,37)/b31-21-. The Morgan fingerprint density at radius 2 is 1.83 bits per heavy atom. The summed E-state index contributed by atoms with van der Waals surface area (Å²) < 4.78 is 40.3. The number of amides is 1. The van der Waals surface area contributed by atoms with Crippen molar-refractivity contribution >= 4 is 49.4 Å². The minimum atomic E-state index is -3.80. The van der Waals surface area contributed by atoms with Crippen molar-refractivity contribution in [1.29, 1.82) is 0 Å². The van der Waals surface area contributed by atoms with E-state index in [1.807, 2.05) is 55.5 Å². The first-order valence-electron chi connectivity index (χ1n) is 14.2. The number of anilines is 2. The van der Waals surface area contributed by atoms with Crippen LogP contribution in [0.4, 0.5) is 11.4 Å². The molecule has 1 aromatic heterocycles. The number of rotatable bonds is 7. The Kier molecular flexibility index (Phi) is 6.76. The van der Waals surface area contributed by atoms with Gasteiger partial charge in [-0.2, -0.15) is 0 Å². The van der Waals surface area contributed by atoms with Gasteiger partial charge < -0.3 is 19.8 Å². The molecule has 0 saturated carbocycles. The van der Waals surface area contributed by atoms with E-state index in [2.05, 4.69) is 15.2 Å². The number of hydrogen-bond donors (Lipinski definition) is 2. The number of nitrogens with one attached hydrogen (secondary N) is 2. The van der Waals surface area contributed by atoms with Crippen molar-refractivity contribution in [2.75, 3.05) is 55.6 Å². The zero-order chi connectivity index (χ0) is 28.8. The summed E-state index contributed by atoms with van der Waals surface area (Å²) in [6.45, 7) is 7.09. The van der Waals surface area contributed by atoms with Crippen LogP contribution in [0.5, 0.6) is 5.75 Å². The molecule has 3 aliphatic heterocycles. The molecule has 42 heavy (non-hydrogen) atoms. The van der Waals surface area contributed by atoms with Crippen molar-refractivity contribution in [3.63, 3.8) is 0 Å². The van der Waals surface area contributed by atoms with Crippen LogP contribution in [-0.4, -0.2) is 70.2 Å². The van der Waals surface area contributed by atoms with Gasteiger partial charge in [-0.1, -0.05) is 18.2 Å². The number of morpholine rings is 1. The first kappa shape index (κ1) is 26.8. The normalized spacial score (nSPS) is 18.2. The molecular weight excluding hydrogens is 552 g/mol. The summed E-state index contributed by atoms with van der Waals surface area (Å²) in [7, 11) is -3.80. The molecule has 1 amide bonds. The quantitative estimate of drug-likeness (QED) is 0.310. The summed E-state index contributed by atoms with van der Waals surface area (Å²) >= 11 is 0. The van der Waals surface area contributed by atoms with Gasteiger partial charge in [0.2, 0.25) is 0 Å². The summed E-state index contributed by atoms with van der Waals surface area (Å²) in [6.07, 6.45) is 0.672. The van der Waals surface area contributed by atoms with Crippen LogP contribution in [0.15, 0.2) is 71.6 Å². The third kappa shape index (κ3) is 4.75.